The van der Waals surface area contributed by atoms with Crippen LogP contribution < -0.4 is 14.4 Å². The summed E-state index contributed by atoms with van der Waals surface area (Å²) in [5, 5.41) is 0.228. The molecule has 1 heterocycles. The van der Waals surface area contributed by atoms with Crippen molar-refractivity contribution in [1.82, 2.24) is 0 Å². The van der Waals surface area contributed by atoms with Crippen molar-refractivity contribution in [1.29, 1.82) is 0 Å². The van der Waals surface area contributed by atoms with Gasteiger partial charge in [0.25, 0.3) is 11.1 Å². The van der Waals surface area contributed by atoms with Crippen LogP contribution in [0, 0.1) is 0 Å². The van der Waals surface area contributed by atoms with Gasteiger partial charge >= 0.3 is 0 Å². The molecule has 1 aliphatic rings. The van der Waals surface area contributed by atoms with Crippen LogP contribution in [0.4, 0.5) is 10.5 Å². The van der Waals surface area contributed by atoms with Gasteiger partial charge < -0.3 is 9.47 Å². The Balaban J connectivity index is 1.91. The van der Waals surface area contributed by atoms with Crippen LogP contribution in [-0.2, 0) is 4.79 Å². The fourth-order valence-electron chi connectivity index (χ4n) is 2.62. The zero-order valence-electron chi connectivity index (χ0n) is 15.2. The Morgan fingerprint density at radius 2 is 1.68 bits per heavy atom. The Labute approximate surface area is 177 Å². The van der Waals surface area contributed by atoms with Gasteiger partial charge in [0.1, 0.15) is 0 Å². The molecular weight excluding hydrogens is 421 g/mol. The van der Waals surface area contributed by atoms with Crippen molar-refractivity contribution in [2.75, 3.05) is 18.1 Å². The van der Waals surface area contributed by atoms with Gasteiger partial charge in [0, 0.05) is 0 Å². The SMILES string of the molecule is CCOc1ccc(/C=C2/SC(=O)N(c3ccc(Cl)c(Cl)c3)C2=O)cc1OCC. The Morgan fingerprint density at radius 1 is 0.964 bits per heavy atom. The van der Waals surface area contributed by atoms with Crippen molar-refractivity contribution >= 4 is 57.9 Å². The minimum atomic E-state index is -0.416. The number of hydrogen-bond donors (Lipinski definition) is 0. The number of amides is 2. The summed E-state index contributed by atoms with van der Waals surface area (Å²) < 4.78 is 11.2. The molecule has 8 heteroatoms. The lowest BCUT2D eigenvalue weighted by molar-refractivity contribution is -0.113. The predicted molar refractivity (Wildman–Crippen MR) is 114 cm³/mol. The van der Waals surface area contributed by atoms with Crippen molar-refractivity contribution in [3.8, 4) is 11.5 Å². The van der Waals surface area contributed by atoms with E-state index in [-0.39, 0.29) is 5.02 Å². The van der Waals surface area contributed by atoms with Crippen LogP contribution in [0.25, 0.3) is 6.08 Å². The maximum atomic E-state index is 12.8. The molecule has 0 unspecified atom stereocenters. The van der Waals surface area contributed by atoms with E-state index in [1.165, 1.54) is 6.07 Å². The number of nitrogens with zero attached hydrogens (tertiary/aromatic N) is 1. The van der Waals surface area contributed by atoms with E-state index in [0.29, 0.717) is 40.3 Å². The van der Waals surface area contributed by atoms with Crippen molar-refractivity contribution in [3.05, 3.63) is 56.9 Å². The highest BCUT2D eigenvalue weighted by Crippen LogP contribution is 2.38. The Morgan fingerprint density at radius 3 is 2.36 bits per heavy atom. The third-order valence-electron chi connectivity index (χ3n) is 3.82. The molecule has 0 radical (unpaired) electrons. The molecular formula is C20H17Cl2NO4S. The minimum Gasteiger partial charge on any atom is -0.490 e. The molecule has 0 atom stereocenters. The molecule has 2 aromatic carbocycles. The summed E-state index contributed by atoms with van der Waals surface area (Å²) in [6.07, 6.45) is 1.65. The molecule has 0 spiro atoms. The fourth-order valence-corrected chi connectivity index (χ4v) is 3.76. The van der Waals surface area contributed by atoms with Crippen LogP contribution in [0.3, 0.4) is 0 Å². The Hall–Kier alpha value is -2.15. The average Bonchev–Trinajstić information content (AvgIpc) is 2.93. The quantitative estimate of drug-likeness (QED) is 0.516. The molecule has 0 bridgehead atoms. The number of benzene rings is 2. The zero-order valence-corrected chi connectivity index (χ0v) is 17.5. The smallest absolute Gasteiger partial charge is 0.298 e. The summed E-state index contributed by atoms with van der Waals surface area (Å²) in [7, 11) is 0. The van der Waals surface area contributed by atoms with Gasteiger partial charge in [-0.2, -0.15) is 0 Å². The normalized spacial score (nSPS) is 15.4. The van der Waals surface area contributed by atoms with Gasteiger partial charge in [0.2, 0.25) is 0 Å². The lowest BCUT2D eigenvalue weighted by atomic mass is 10.1. The van der Waals surface area contributed by atoms with E-state index in [2.05, 4.69) is 0 Å². The molecule has 146 valence electrons. The molecule has 1 saturated heterocycles. The fraction of sp³-hybridized carbons (Fsp3) is 0.200. The summed E-state index contributed by atoms with van der Waals surface area (Å²) in [6.45, 7) is 4.77. The molecule has 3 rings (SSSR count). The van der Waals surface area contributed by atoms with Gasteiger partial charge in [0.05, 0.1) is 33.9 Å². The van der Waals surface area contributed by atoms with E-state index in [9.17, 15) is 9.59 Å². The van der Waals surface area contributed by atoms with Gasteiger partial charge in [-0.05, 0) is 67.6 Å². The summed E-state index contributed by atoms with van der Waals surface area (Å²) in [5.74, 6) is 0.799. The van der Waals surface area contributed by atoms with Crippen LogP contribution in [-0.4, -0.2) is 24.4 Å². The predicted octanol–water partition coefficient (Wildman–Crippen LogP) is 6.03. The average molecular weight is 438 g/mol. The maximum Gasteiger partial charge on any atom is 0.298 e. The molecule has 2 aromatic rings. The summed E-state index contributed by atoms with van der Waals surface area (Å²) >= 11 is 12.8. The first kappa shape index (κ1) is 20.6. The van der Waals surface area contributed by atoms with Crippen LogP contribution >= 0.6 is 35.0 Å². The van der Waals surface area contributed by atoms with Gasteiger partial charge in [-0.1, -0.05) is 29.3 Å². The van der Waals surface area contributed by atoms with Crippen LogP contribution in [0.1, 0.15) is 19.4 Å². The number of rotatable bonds is 6. The van der Waals surface area contributed by atoms with Crippen LogP contribution in [0.15, 0.2) is 41.3 Å². The monoisotopic (exact) mass is 437 g/mol. The number of imide groups is 1. The third-order valence-corrected chi connectivity index (χ3v) is 5.43. The summed E-state index contributed by atoms with van der Waals surface area (Å²) in [6, 6.07) is 9.99. The van der Waals surface area contributed by atoms with Crippen molar-refractivity contribution in [2.24, 2.45) is 0 Å². The zero-order chi connectivity index (χ0) is 20.3. The van der Waals surface area contributed by atoms with Gasteiger partial charge in [-0.25, -0.2) is 4.90 Å². The highest BCUT2D eigenvalue weighted by Gasteiger charge is 2.36. The van der Waals surface area contributed by atoms with Gasteiger partial charge in [-0.3, -0.25) is 9.59 Å². The van der Waals surface area contributed by atoms with Gasteiger partial charge in [0.15, 0.2) is 11.5 Å². The second kappa shape index (κ2) is 8.90. The Bertz CT molecular complexity index is 961. The molecule has 2 amide bonds. The largest absolute Gasteiger partial charge is 0.490 e. The van der Waals surface area contributed by atoms with E-state index >= 15 is 0 Å². The summed E-state index contributed by atoms with van der Waals surface area (Å²) in [5.41, 5.74) is 1.11. The van der Waals surface area contributed by atoms with Crippen molar-refractivity contribution < 1.29 is 19.1 Å². The molecule has 5 nitrogen and oxygen atoms in total. The second-order valence-electron chi connectivity index (χ2n) is 5.69. The minimum absolute atomic E-state index is 0.273. The molecule has 1 fully saturated rings. The first-order valence-electron chi connectivity index (χ1n) is 8.57. The van der Waals surface area contributed by atoms with E-state index < -0.39 is 11.1 Å². The molecule has 0 N–H and O–H groups in total. The first-order chi connectivity index (χ1) is 13.4. The first-order valence-corrected chi connectivity index (χ1v) is 10.1. The lowest BCUT2D eigenvalue weighted by Gasteiger charge is -2.13. The highest BCUT2D eigenvalue weighted by molar-refractivity contribution is 8.19. The van der Waals surface area contributed by atoms with Crippen LogP contribution in [0.5, 0.6) is 11.5 Å². The van der Waals surface area contributed by atoms with E-state index in [1.807, 2.05) is 13.8 Å². The highest BCUT2D eigenvalue weighted by atomic mass is 35.5. The summed E-state index contributed by atoms with van der Waals surface area (Å²) in [4.78, 5) is 26.6. The maximum absolute atomic E-state index is 12.8. The number of ether oxygens (including phenoxy) is 2. The third kappa shape index (κ3) is 4.29. The van der Waals surface area contributed by atoms with E-state index in [0.717, 1.165) is 22.2 Å². The molecule has 0 saturated carbocycles. The molecule has 0 aromatic heterocycles. The number of carbonyl (C=O) groups is 2. The van der Waals surface area contributed by atoms with Gasteiger partial charge in [-0.15, -0.1) is 0 Å². The molecule has 1 aliphatic heterocycles. The number of hydrogen-bond acceptors (Lipinski definition) is 5. The molecule has 28 heavy (non-hydrogen) atoms. The standard InChI is InChI=1S/C20H17Cl2NO4S/c1-3-26-16-8-5-12(9-17(16)27-4-2)10-18-19(24)23(20(25)28-18)13-6-7-14(21)15(22)11-13/h5-11H,3-4H2,1-2H3/b18-10+. The topological polar surface area (TPSA) is 55.8 Å². The number of thioether (sulfide) groups is 1. The number of anilines is 1. The van der Waals surface area contributed by atoms with E-state index in [4.69, 9.17) is 32.7 Å². The number of halogens is 2. The van der Waals surface area contributed by atoms with E-state index in [1.54, 1.807) is 36.4 Å². The Kier molecular flexibility index (Phi) is 6.54. The second-order valence-corrected chi connectivity index (χ2v) is 7.50. The van der Waals surface area contributed by atoms with Crippen molar-refractivity contribution in [3.63, 3.8) is 0 Å². The van der Waals surface area contributed by atoms with Crippen LogP contribution in [0.2, 0.25) is 10.0 Å². The number of carbonyl (C=O) groups excluding carboxylic acids is 2. The lowest BCUT2D eigenvalue weighted by Crippen LogP contribution is -2.27. The van der Waals surface area contributed by atoms with Crippen molar-refractivity contribution in [2.45, 2.75) is 13.8 Å². The molecule has 0 aliphatic carbocycles.